The van der Waals surface area contributed by atoms with Crippen molar-refractivity contribution < 1.29 is 4.74 Å². The molecule has 0 aliphatic carbocycles. The van der Waals surface area contributed by atoms with Crippen LogP contribution in [0.2, 0.25) is 0 Å². The summed E-state index contributed by atoms with van der Waals surface area (Å²) in [5, 5.41) is 0. The molecule has 2 N–H and O–H groups in total. The Hall–Kier alpha value is -0.540. The molecule has 0 aliphatic rings. The van der Waals surface area contributed by atoms with Crippen LogP contribution in [0.4, 0.5) is 0 Å². The summed E-state index contributed by atoms with van der Waals surface area (Å²) in [5.74, 6) is 0.857. The molecule has 1 aromatic carbocycles. The van der Waals surface area contributed by atoms with Crippen molar-refractivity contribution in [1.29, 1.82) is 0 Å². The molecule has 12 heavy (non-hydrogen) atoms. The van der Waals surface area contributed by atoms with Crippen molar-refractivity contribution in [1.82, 2.24) is 0 Å². The van der Waals surface area contributed by atoms with Crippen LogP contribution in [0.15, 0.2) is 28.7 Å². The Bertz CT molecular complexity index is 233. The van der Waals surface area contributed by atoms with E-state index in [1.165, 1.54) is 0 Å². The van der Waals surface area contributed by atoms with Gasteiger partial charge in [-0.15, -0.1) is 0 Å². The normalized spacial score (nSPS) is 12.6. The van der Waals surface area contributed by atoms with E-state index in [4.69, 9.17) is 10.5 Å². The molecule has 0 aliphatic heterocycles. The van der Waals surface area contributed by atoms with E-state index in [0.717, 1.165) is 10.2 Å². The molecular formula is C9H12BrNO. The van der Waals surface area contributed by atoms with Crippen molar-refractivity contribution in [3.05, 3.63) is 28.7 Å². The topological polar surface area (TPSA) is 35.2 Å². The molecule has 0 saturated carbocycles. The monoisotopic (exact) mass is 229 g/mol. The zero-order valence-electron chi connectivity index (χ0n) is 6.96. The van der Waals surface area contributed by atoms with Crippen molar-refractivity contribution in [2.24, 2.45) is 5.73 Å². The Balaban J connectivity index is 2.48. The molecule has 1 rings (SSSR count). The molecule has 0 amide bonds. The minimum Gasteiger partial charge on any atom is -0.492 e. The van der Waals surface area contributed by atoms with Gasteiger partial charge >= 0.3 is 0 Å². The second-order valence-electron chi connectivity index (χ2n) is 2.74. The lowest BCUT2D eigenvalue weighted by Crippen LogP contribution is -2.23. The van der Waals surface area contributed by atoms with Gasteiger partial charge in [-0.25, -0.2) is 0 Å². The van der Waals surface area contributed by atoms with E-state index in [9.17, 15) is 0 Å². The van der Waals surface area contributed by atoms with Gasteiger partial charge in [-0.2, -0.15) is 0 Å². The molecule has 2 nitrogen and oxygen atoms in total. The highest BCUT2D eigenvalue weighted by Crippen LogP contribution is 2.15. The molecule has 0 saturated heterocycles. The zero-order chi connectivity index (χ0) is 8.97. The fourth-order valence-corrected chi connectivity index (χ4v) is 1.02. The van der Waals surface area contributed by atoms with Crippen LogP contribution in [0.5, 0.6) is 5.75 Å². The van der Waals surface area contributed by atoms with E-state index in [0.29, 0.717) is 6.61 Å². The van der Waals surface area contributed by atoms with E-state index >= 15 is 0 Å². The van der Waals surface area contributed by atoms with Gasteiger partial charge in [-0.3, -0.25) is 0 Å². The van der Waals surface area contributed by atoms with Gasteiger partial charge in [0.15, 0.2) is 0 Å². The molecule has 3 heteroatoms. The average Bonchev–Trinajstić information content (AvgIpc) is 2.03. The van der Waals surface area contributed by atoms with Crippen LogP contribution in [0.3, 0.4) is 0 Å². The lowest BCUT2D eigenvalue weighted by Gasteiger charge is -2.07. The van der Waals surface area contributed by atoms with Gasteiger partial charge in [-0.05, 0) is 31.2 Å². The van der Waals surface area contributed by atoms with Gasteiger partial charge in [0.25, 0.3) is 0 Å². The highest BCUT2D eigenvalue weighted by Gasteiger charge is 1.95. The number of rotatable bonds is 3. The van der Waals surface area contributed by atoms with E-state index in [1.54, 1.807) is 0 Å². The number of hydrogen-bond acceptors (Lipinski definition) is 2. The van der Waals surface area contributed by atoms with E-state index < -0.39 is 0 Å². The molecule has 66 valence electrons. The summed E-state index contributed by atoms with van der Waals surface area (Å²) < 4.78 is 6.43. The first-order chi connectivity index (χ1) is 5.68. The van der Waals surface area contributed by atoms with Crippen LogP contribution in [-0.4, -0.2) is 12.6 Å². The molecule has 1 aromatic rings. The smallest absolute Gasteiger partial charge is 0.119 e. The van der Waals surface area contributed by atoms with Gasteiger partial charge in [0, 0.05) is 10.5 Å². The second-order valence-corrected chi connectivity index (χ2v) is 3.66. The fourth-order valence-electron chi connectivity index (χ4n) is 0.758. The Morgan fingerprint density at radius 2 is 2.00 bits per heavy atom. The Morgan fingerprint density at radius 3 is 2.50 bits per heavy atom. The average molecular weight is 230 g/mol. The summed E-state index contributed by atoms with van der Waals surface area (Å²) in [5.41, 5.74) is 5.54. The molecule has 0 aromatic heterocycles. The van der Waals surface area contributed by atoms with Gasteiger partial charge < -0.3 is 10.5 Å². The summed E-state index contributed by atoms with van der Waals surface area (Å²) in [6.07, 6.45) is 0. The molecule has 0 heterocycles. The van der Waals surface area contributed by atoms with E-state index in [-0.39, 0.29) is 6.04 Å². The number of halogens is 1. The lowest BCUT2D eigenvalue weighted by atomic mass is 10.3. The van der Waals surface area contributed by atoms with Crippen LogP contribution in [0.1, 0.15) is 6.92 Å². The van der Waals surface area contributed by atoms with Crippen molar-refractivity contribution in [3.63, 3.8) is 0 Å². The SMILES string of the molecule is C[C@@H](N)COc1ccc(Br)cc1. The van der Waals surface area contributed by atoms with Crippen LogP contribution < -0.4 is 10.5 Å². The Labute approximate surface area is 80.8 Å². The molecule has 0 bridgehead atoms. The molecule has 1 atom stereocenters. The Morgan fingerprint density at radius 1 is 1.42 bits per heavy atom. The largest absolute Gasteiger partial charge is 0.492 e. The van der Waals surface area contributed by atoms with Gasteiger partial charge in [0.1, 0.15) is 12.4 Å². The van der Waals surface area contributed by atoms with Crippen LogP contribution >= 0.6 is 15.9 Å². The highest BCUT2D eigenvalue weighted by atomic mass is 79.9. The first-order valence-corrected chi connectivity index (χ1v) is 4.62. The quantitative estimate of drug-likeness (QED) is 0.863. The third kappa shape index (κ3) is 3.24. The van der Waals surface area contributed by atoms with Crippen molar-refractivity contribution >= 4 is 15.9 Å². The number of ether oxygens (including phenoxy) is 1. The van der Waals surface area contributed by atoms with Crippen LogP contribution in [0, 0.1) is 0 Å². The van der Waals surface area contributed by atoms with Gasteiger partial charge in [0.05, 0.1) is 0 Å². The summed E-state index contributed by atoms with van der Waals surface area (Å²) >= 11 is 3.35. The minimum atomic E-state index is 0.0775. The van der Waals surface area contributed by atoms with Crippen molar-refractivity contribution in [2.45, 2.75) is 13.0 Å². The van der Waals surface area contributed by atoms with Gasteiger partial charge in [-0.1, -0.05) is 15.9 Å². The van der Waals surface area contributed by atoms with E-state index in [1.807, 2.05) is 31.2 Å². The van der Waals surface area contributed by atoms with Crippen LogP contribution in [0.25, 0.3) is 0 Å². The predicted molar refractivity (Wildman–Crippen MR) is 53.3 cm³/mol. The van der Waals surface area contributed by atoms with E-state index in [2.05, 4.69) is 15.9 Å². The maximum absolute atomic E-state index is 5.54. The summed E-state index contributed by atoms with van der Waals surface area (Å²) in [6, 6.07) is 7.78. The number of nitrogens with two attached hydrogens (primary N) is 1. The molecule has 0 spiro atoms. The maximum Gasteiger partial charge on any atom is 0.119 e. The number of benzene rings is 1. The number of hydrogen-bond donors (Lipinski definition) is 1. The maximum atomic E-state index is 5.54. The second kappa shape index (κ2) is 4.48. The third-order valence-electron chi connectivity index (χ3n) is 1.33. The van der Waals surface area contributed by atoms with Crippen molar-refractivity contribution in [3.8, 4) is 5.75 Å². The predicted octanol–water partition coefficient (Wildman–Crippen LogP) is 2.18. The first-order valence-electron chi connectivity index (χ1n) is 3.82. The molecular weight excluding hydrogens is 218 g/mol. The highest BCUT2D eigenvalue weighted by molar-refractivity contribution is 9.10. The van der Waals surface area contributed by atoms with Crippen molar-refractivity contribution in [2.75, 3.05) is 6.61 Å². The summed E-state index contributed by atoms with van der Waals surface area (Å²) in [6.45, 7) is 2.47. The zero-order valence-corrected chi connectivity index (χ0v) is 8.54. The summed E-state index contributed by atoms with van der Waals surface area (Å²) in [4.78, 5) is 0. The minimum absolute atomic E-state index is 0.0775. The summed E-state index contributed by atoms with van der Waals surface area (Å²) in [7, 11) is 0. The van der Waals surface area contributed by atoms with Gasteiger partial charge in [0.2, 0.25) is 0 Å². The Kier molecular flexibility index (Phi) is 3.56. The lowest BCUT2D eigenvalue weighted by molar-refractivity contribution is 0.296. The molecule has 0 unspecified atom stereocenters. The molecule has 0 fully saturated rings. The van der Waals surface area contributed by atoms with Crippen LogP contribution in [-0.2, 0) is 0 Å². The first kappa shape index (κ1) is 9.55. The third-order valence-corrected chi connectivity index (χ3v) is 1.86. The standard InChI is InChI=1S/C9H12BrNO/c1-7(11)6-12-9-4-2-8(10)3-5-9/h2-5,7H,6,11H2,1H3/t7-/m1/s1. The fraction of sp³-hybridized carbons (Fsp3) is 0.333. The molecule has 0 radical (unpaired) electrons.